The Bertz CT molecular complexity index is 503. The number of carboxylic acids is 1. The molecule has 0 atom stereocenters. The maximum atomic E-state index is 12.4. The van der Waals surface area contributed by atoms with Gasteiger partial charge in [-0.25, -0.2) is 0 Å². The van der Waals surface area contributed by atoms with Crippen LogP contribution in [0.3, 0.4) is 0 Å². The van der Waals surface area contributed by atoms with E-state index >= 15 is 0 Å². The van der Waals surface area contributed by atoms with Gasteiger partial charge in [0.1, 0.15) is 0 Å². The van der Waals surface area contributed by atoms with Crippen molar-refractivity contribution in [2.75, 3.05) is 6.54 Å². The number of aliphatic carboxylic acids is 1. The first kappa shape index (κ1) is 16.4. The number of aryl methyl sites for hydroxylation is 1. The third kappa shape index (κ3) is 4.49. The van der Waals surface area contributed by atoms with Crippen LogP contribution < -0.4 is 0 Å². The molecule has 1 rings (SSSR count). The molecule has 0 radical (unpaired) electrons. The highest BCUT2D eigenvalue weighted by Gasteiger charge is 2.21. The number of hydrogen-bond acceptors (Lipinski definition) is 3. The summed E-state index contributed by atoms with van der Waals surface area (Å²) in [5.74, 6) is -1.08. The summed E-state index contributed by atoms with van der Waals surface area (Å²) in [4.78, 5) is 28.7. The Balaban J connectivity index is 2.85. The van der Waals surface area contributed by atoms with Crippen molar-refractivity contribution in [1.82, 2.24) is 9.88 Å². The van der Waals surface area contributed by atoms with Gasteiger partial charge in [0, 0.05) is 30.9 Å². The molecule has 1 heterocycles. The van der Waals surface area contributed by atoms with Gasteiger partial charge in [-0.05, 0) is 33.3 Å². The minimum Gasteiger partial charge on any atom is -0.481 e. The summed E-state index contributed by atoms with van der Waals surface area (Å²) in [5.41, 5.74) is 1.09. The smallest absolute Gasteiger partial charge is 0.303 e. The van der Waals surface area contributed by atoms with Gasteiger partial charge >= 0.3 is 5.97 Å². The van der Waals surface area contributed by atoms with Crippen molar-refractivity contribution in [3.63, 3.8) is 0 Å². The molecule has 1 aromatic rings. The van der Waals surface area contributed by atoms with Crippen LogP contribution in [0.1, 0.15) is 42.7 Å². The first-order valence-corrected chi connectivity index (χ1v) is 6.85. The Morgan fingerprint density at radius 2 is 2.10 bits per heavy atom. The van der Waals surface area contributed by atoms with E-state index in [0.29, 0.717) is 23.6 Å². The van der Waals surface area contributed by atoms with Crippen molar-refractivity contribution in [1.29, 1.82) is 0 Å². The van der Waals surface area contributed by atoms with E-state index in [1.54, 1.807) is 17.9 Å². The SMILES string of the molecule is Cc1cc(Cl)c(C(=O)N(CCCC(=O)O)C(C)C)cn1. The maximum absolute atomic E-state index is 12.4. The summed E-state index contributed by atoms with van der Waals surface area (Å²) >= 11 is 6.08. The fraction of sp³-hybridized carbons (Fsp3) is 0.500. The molecule has 0 unspecified atom stereocenters. The molecule has 1 aromatic heterocycles. The van der Waals surface area contributed by atoms with Crippen molar-refractivity contribution in [3.05, 3.63) is 28.5 Å². The lowest BCUT2D eigenvalue weighted by Crippen LogP contribution is -2.38. The molecule has 0 fully saturated rings. The Kier molecular flexibility index (Phi) is 5.95. The number of pyridine rings is 1. The number of carbonyl (C=O) groups excluding carboxylic acids is 1. The largest absolute Gasteiger partial charge is 0.481 e. The van der Waals surface area contributed by atoms with Crippen LogP contribution in [0.4, 0.5) is 0 Å². The zero-order chi connectivity index (χ0) is 15.3. The molecule has 0 saturated carbocycles. The van der Waals surface area contributed by atoms with Crippen molar-refractivity contribution in [2.45, 2.75) is 39.7 Å². The van der Waals surface area contributed by atoms with Crippen LogP contribution in [0.2, 0.25) is 5.02 Å². The summed E-state index contributed by atoms with van der Waals surface area (Å²) in [6, 6.07) is 1.61. The van der Waals surface area contributed by atoms with Gasteiger partial charge in [-0.2, -0.15) is 0 Å². The third-order valence-corrected chi connectivity index (χ3v) is 3.21. The molecular weight excluding hydrogens is 280 g/mol. The topological polar surface area (TPSA) is 70.5 Å². The number of amides is 1. The van der Waals surface area contributed by atoms with E-state index in [9.17, 15) is 9.59 Å². The number of aromatic nitrogens is 1. The number of halogens is 1. The van der Waals surface area contributed by atoms with E-state index in [1.165, 1.54) is 6.20 Å². The maximum Gasteiger partial charge on any atom is 0.303 e. The van der Waals surface area contributed by atoms with Gasteiger partial charge in [-0.3, -0.25) is 14.6 Å². The van der Waals surface area contributed by atoms with E-state index in [-0.39, 0.29) is 18.4 Å². The standard InChI is InChI=1S/C14H19ClN2O3/c1-9(2)17(6-4-5-13(18)19)14(20)11-8-16-10(3)7-12(11)15/h7-9H,4-6H2,1-3H3,(H,18,19). The van der Waals surface area contributed by atoms with Crippen LogP contribution in [0.25, 0.3) is 0 Å². The predicted octanol–water partition coefficient (Wildman–Crippen LogP) is 2.76. The fourth-order valence-corrected chi connectivity index (χ4v) is 2.12. The Morgan fingerprint density at radius 1 is 1.45 bits per heavy atom. The van der Waals surface area contributed by atoms with Gasteiger partial charge in [0.2, 0.25) is 0 Å². The molecule has 0 aliphatic carbocycles. The number of nitrogens with zero attached hydrogens (tertiary/aromatic N) is 2. The fourth-order valence-electron chi connectivity index (χ4n) is 1.83. The van der Waals surface area contributed by atoms with Crippen molar-refractivity contribution >= 4 is 23.5 Å². The molecule has 1 N–H and O–H groups in total. The van der Waals surface area contributed by atoms with Crippen LogP contribution in [0.15, 0.2) is 12.3 Å². The van der Waals surface area contributed by atoms with Crippen molar-refractivity contribution in [3.8, 4) is 0 Å². The quantitative estimate of drug-likeness (QED) is 0.876. The van der Waals surface area contributed by atoms with Crippen molar-refractivity contribution in [2.24, 2.45) is 0 Å². The molecule has 0 spiro atoms. The van der Waals surface area contributed by atoms with E-state index < -0.39 is 5.97 Å². The summed E-state index contributed by atoms with van der Waals surface area (Å²) in [7, 11) is 0. The first-order valence-electron chi connectivity index (χ1n) is 6.47. The second kappa shape index (κ2) is 7.24. The molecule has 0 aromatic carbocycles. The van der Waals surface area contributed by atoms with E-state index in [1.807, 2.05) is 13.8 Å². The first-order chi connectivity index (χ1) is 9.32. The zero-order valence-corrected chi connectivity index (χ0v) is 12.6. The minimum absolute atomic E-state index is 0.0336. The number of carboxylic acid groups (broad SMARTS) is 1. The number of carbonyl (C=O) groups is 2. The average molecular weight is 299 g/mol. The highest BCUT2D eigenvalue weighted by Crippen LogP contribution is 2.19. The predicted molar refractivity (Wildman–Crippen MR) is 77.0 cm³/mol. The van der Waals surface area contributed by atoms with Crippen molar-refractivity contribution < 1.29 is 14.7 Å². The van der Waals surface area contributed by atoms with E-state index in [0.717, 1.165) is 5.69 Å². The van der Waals surface area contributed by atoms with Gasteiger partial charge in [0.25, 0.3) is 5.91 Å². The molecule has 20 heavy (non-hydrogen) atoms. The Labute approximate surface area is 123 Å². The third-order valence-electron chi connectivity index (χ3n) is 2.89. The van der Waals surface area contributed by atoms with Crippen LogP contribution in [0.5, 0.6) is 0 Å². The molecule has 0 bridgehead atoms. The molecule has 6 heteroatoms. The number of hydrogen-bond donors (Lipinski definition) is 1. The molecule has 1 amide bonds. The second-order valence-electron chi connectivity index (χ2n) is 4.90. The molecular formula is C14H19ClN2O3. The highest BCUT2D eigenvalue weighted by molar-refractivity contribution is 6.33. The number of rotatable bonds is 6. The lowest BCUT2D eigenvalue weighted by Gasteiger charge is -2.27. The molecule has 5 nitrogen and oxygen atoms in total. The molecule has 0 saturated heterocycles. The molecule has 0 aliphatic heterocycles. The van der Waals surface area contributed by atoms with E-state index in [2.05, 4.69) is 4.98 Å². The van der Waals surface area contributed by atoms with Crippen LogP contribution in [-0.2, 0) is 4.79 Å². The lowest BCUT2D eigenvalue weighted by molar-refractivity contribution is -0.137. The summed E-state index contributed by atoms with van der Waals surface area (Å²) in [6.45, 7) is 5.95. The monoisotopic (exact) mass is 298 g/mol. The van der Waals surface area contributed by atoms with Crippen LogP contribution >= 0.6 is 11.6 Å². The van der Waals surface area contributed by atoms with Gasteiger partial charge in [-0.15, -0.1) is 0 Å². The molecule has 0 aliphatic rings. The summed E-state index contributed by atoms with van der Waals surface area (Å²) in [5, 5.41) is 9.03. The molecule has 110 valence electrons. The van der Waals surface area contributed by atoms with Crippen LogP contribution in [0, 0.1) is 6.92 Å². The summed E-state index contributed by atoms with van der Waals surface area (Å²) < 4.78 is 0. The highest BCUT2D eigenvalue weighted by atomic mass is 35.5. The zero-order valence-electron chi connectivity index (χ0n) is 11.9. The normalized spacial score (nSPS) is 10.7. The van der Waals surface area contributed by atoms with Gasteiger partial charge in [0.15, 0.2) is 0 Å². The van der Waals surface area contributed by atoms with Crippen LogP contribution in [-0.4, -0.2) is 39.5 Å². The van der Waals surface area contributed by atoms with Gasteiger partial charge < -0.3 is 10.0 Å². The van der Waals surface area contributed by atoms with E-state index in [4.69, 9.17) is 16.7 Å². The van der Waals surface area contributed by atoms with Gasteiger partial charge in [-0.1, -0.05) is 11.6 Å². The van der Waals surface area contributed by atoms with Gasteiger partial charge in [0.05, 0.1) is 10.6 Å². The minimum atomic E-state index is -0.865. The Morgan fingerprint density at radius 3 is 2.60 bits per heavy atom. The Hall–Kier alpha value is -1.62. The lowest BCUT2D eigenvalue weighted by atomic mass is 10.1. The second-order valence-corrected chi connectivity index (χ2v) is 5.30. The summed E-state index contributed by atoms with van der Waals surface area (Å²) in [6.07, 6.45) is 1.92. The average Bonchev–Trinajstić information content (AvgIpc) is 2.33.